The number of ether oxygens (including phenoxy) is 2. The van der Waals surface area contributed by atoms with E-state index in [-0.39, 0.29) is 12.2 Å². The van der Waals surface area contributed by atoms with Crippen LogP contribution in [0.3, 0.4) is 0 Å². The van der Waals surface area contributed by atoms with Crippen molar-refractivity contribution in [1.82, 2.24) is 0 Å². The predicted molar refractivity (Wildman–Crippen MR) is 52.2 cm³/mol. The van der Waals surface area contributed by atoms with Crippen molar-refractivity contribution in [2.24, 2.45) is 0 Å². The molecule has 0 aromatic rings. The zero-order valence-electron chi connectivity index (χ0n) is 8.54. The third-order valence-electron chi connectivity index (χ3n) is 2.98. The molecule has 1 aliphatic carbocycles. The molecular formula is C11H18O3. The Morgan fingerprint density at radius 1 is 1.36 bits per heavy atom. The summed E-state index contributed by atoms with van der Waals surface area (Å²) in [5.41, 5.74) is 0. The third-order valence-corrected chi connectivity index (χ3v) is 2.98. The zero-order valence-corrected chi connectivity index (χ0v) is 8.54. The molecule has 0 aromatic heterocycles. The highest BCUT2D eigenvalue weighted by atomic mass is 16.5. The first-order valence-electron chi connectivity index (χ1n) is 5.59. The Balaban J connectivity index is 1.66. The Hall–Kier alpha value is -0.410. The summed E-state index contributed by atoms with van der Waals surface area (Å²) in [5.74, 6) is 0.355. The molecule has 3 nitrogen and oxygen atoms in total. The van der Waals surface area contributed by atoms with E-state index in [4.69, 9.17) is 9.47 Å². The Kier molecular flexibility index (Phi) is 3.54. The maximum atomic E-state index is 11.2. The number of ketones is 1. The van der Waals surface area contributed by atoms with Crippen LogP contribution in [0.5, 0.6) is 0 Å². The van der Waals surface area contributed by atoms with Crippen LogP contribution < -0.4 is 0 Å². The Morgan fingerprint density at radius 3 is 3.00 bits per heavy atom. The molecule has 2 fully saturated rings. The van der Waals surface area contributed by atoms with Crippen molar-refractivity contribution in [3.05, 3.63) is 0 Å². The van der Waals surface area contributed by atoms with E-state index in [2.05, 4.69) is 0 Å². The van der Waals surface area contributed by atoms with Crippen LogP contribution in [0.1, 0.15) is 38.5 Å². The smallest absolute Gasteiger partial charge is 0.135 e. The molecule has 14 heavy (non-hydrogen) atoms. The van der Waals surface area contributed by atoms with Crippen LogP contribution in [-0.4, -0.2) is 31.2 Å². The molecule has 1 saturated carbocycles. The normalized spacial score (nSPS) is 33.6. The minimum atomic E-state index is 0.167. The van der Waals surface area contributed by atoms with Crippen LogP contribution in [0.25, 0.3) is 0 Å². The highest BCUT2D eigenvalue weighted by Crippen LogP contribution is 2.20. The fourth-order valence-corrected chi connectivity index (χ4v) is 2.15. The second-order valence-electron chi connectivity index (χ2n) is 4.23. The minimum Gasteiger partial charge on any atom is -0.376 e. The van der Waals surface area contributed by atoms with Crippen LogP contribution >= 0.6 is 0 Å². The van der Waals surface area contributed by atoms with E-state index in [1.807, 2.05) is 0 Å². The van der Waals surface area contributed by atoms with E-state index in [1.165, 1.54) is 0 Å². The zero-order chi connectivity index (χ0) is 9.80. The van der Waals surface area contributed by atoms with Gasteiger partial charge in [0.15, 0.2) is 0 Å². The van der Waals surface area contributed by atoms with Crippen molar-refractivity contribution in [1.29, 1.82) is 0 Å². The molecule has 0 bridgehead atoms. The van der Waals surface area contributed by atoms with Gasteiger partial charge in [0.1, 0.15) is 5.78 Å². The van der Waals surface area contributed by atoms with Gasteiger partial charge in [0.2, 0.25) is 0 Å². The van der Waals surface area contributed by atoms with E-state index < -0.39 is 0 Å². The summed E-state index contributed by atoms with van der Waals surface area (Å²) in [6.07, 6.45) is 6.12. The molecule has 2 aliphatic rings. The molecule has 0 aromatic carbocycles. The Morgan fingerprint density at radius 2 is 2.29 bits per heavy atom. The summed E-state index contributed by atoms with van der Waals surface area (Å²) >= 11 is 0. The van der Waals surface area contributed by atoms with Crippen LogP contribution in [0.2, 0.25) is 0 Å². The topological polar surface area (TPSA) is 35.5 Å². The van der Waals surface area contributed by atoms with Gasteiger partial charge in [-0.15, -0.1) is 0 Å². The second-order valence-corrected chi connectivity index (χ2v) is 4.23. The lowest BCUT2D eigenvalue weighted by Gasteiger charge is -2.22. The molecule has 0 spiro atoms. The first kappa shape index (κ1) is 10.1. The molecule has 1 aliphatic heterocycles. The van der Waals surface area contributed by atoms with Gasteiger partial charge in [-0.1, -0.05) is 0 Å². The third kappa shape index (κ3) is 2.79. The molecule has 0 amide bonds. The summed E-state index contributed by atoms with van der Waals surface area (Å²) in [6.45, 7) is 1.55. The van der Waals surface area contributed by atoms with Gasteiger partial charge in [0.05, 0.1) is 18.8 Å². The number of hydrogen-bond acceptors (Lipinski definition) is 3. The van der Waals surface area contributed by atoms with Gasteiger partial charge in [-0.3, -0.25) is 4.79 Å². The molecule has 3 heteroatoms. The summed E-state index contributed by atoms with van der Waals surface area (Å²) < 4.78 is 11.2. The summed E-state index contributed by atoms with van der Waals surface area (Å²) in [7, 11) is 0. The molecule has 1 saturated heterocycles. The lowest BCUT2D eigenvalue weighted by atomic mass is 9.96. The molecule has 2 atom stereocenters. The van der Waals surface area contributed by atoms with Crippen LogP contribution in [-0.2, 0) is 14.3 Å². The molecule has 0 N–H and O–H groups in total. The molecule has 80 valence electrons. The molecule has 1 heterocycles. The highest BCUT2D eigenvalue weighted by molar-refractivity contribution is 5.79. The van der Waals surface area contributed by atoms with Gasteiger partial charge in [0.25, 0.3) is 0 Å². The Labute approximate surface area is 84.8 Å². The SMILES string of the molecule is O=C1CCCC(OCC2CCCO2)C1. The highest BCUT2D eigenvalue weighted by Gasteiger charge is 2.22. The second kappa shape index (κ2) is 4.89. The van der Waals surface area contributed by atoms with Crippen LogP contribution in [0.4, 0.5) is 0 Å². The quantitative estimate of drug-likeness (QED) is 0.692. The van der Waals surface area contributed by atoms with Crippen molar-refractivity contribution in [3.63, 3.8) is 0 Å². The number of hydrogen-bond donors (Lipinski definition) is 0. The lowest BCUT2D eigenvalue weighted by molar-refractivity contribution is -0.125. The van der Waals surface area contributed by atoms with Crippen LogP contribution in [0, 0.1) is 0 Å². The molecule has 2 rings (SSSR count). The van der Waals surface area contributed by atoms with E-state index in [0.29, 0.717) is 18.8 Å². The van der Waals surface area contributed by atoms with Crippen molar-refractivity contribution in [2.75, 3.05) is 13.2 Å². The summed E-state index contributed by atoms with van der Waals surface area (Å²) in [4.78, 5) is 11.2. The minimum absolute atomic E-state index is 0.167. The first-order valence-corrected chi connectivity index (χ1v) is 5.59. The number of rotatable bonds is 3. The van der Waals surface area contributed by atoms with Crippen molar-refractivity contribution in [2.45, 2.75) is 50.7 Å². The van der Waals surface area contributed by atoms with Crippen molar-refractivity contribution >= 4 is 5.78 Å². The predicted octanol–water partition coefficient (Wildman–Crippen LogP) is 1.69. The summed E-state index contributed by atoms with van der Waals surface area (Å²) in [6, 6.07) is 0. The lowest BCUT2D eigenvalue weighted by Crippen LogP contribution is -2.26. The van der Waals surface area contributed by atoms with Crippen LogP contribution in [0.15, 0.2) is 0 Å². The maximum Gasteiger partial charge on any atom is 0.135 e. The maximum absolute atomic E-state index is 11.2. The first-order chi connectivity index (χ1) is 6.84. The largest absolute Gasteiger partial charge is 0.376 e. The fraction of sp³-hybridized carbons (Fsp3) is 0.909. The number of carbonyl (C=O) groups excluding carboxylic acids is 1. The summed E-state index contributed by atoms with van der Waals surface area (Å²) in [5, 5.41) is 0. The average molecular weight is 198 g/mol. The van der Waals surface area contributed by atoms with Gasteiger partial charge in [-0.25, -0.2) is 0 Å². The van der Waals surface area contributed by atoms with Gasteiger partial charge in [0, 0.05) is 19.4 Å². The number of Topliss-reactive ketones (excluding diaryl/α,β-unsaturated/α-hetero) is 1. The van der Waals surface area contributed by atoms with E-state index in [1.54, 1.807) is 0 Å². The monoisotopic (exact) mass is 198 g/mol. The molecular weight excluding hydrogens is 180 g/mol. The average Bonchev–Trinajstić information content (AvgIpc) is 2.67. The molecule has 0 radical (unpaired) electrons. The van der Waals surface area contributed by atoms with Gasteiger partial charge < -0.3 is 9.47 Å². The van der Waals surface area contributed by atoms with Crippen molar-refractivity contribution < 1.29 is 14.3 Å². The van der Waals surface area contributed by atoms with E-state index >= 15 is 0 Å². The van der Waals surface area contributed by atoms with E-state index in [9.17, 15) is 4.79 Å². The Bertz CT molecular complexity index is 197. The molecule has 2 unspecified atom stereocenters. The van der Waals surface area contributed by atoms with E-state index in [0.717, 1.165) is 38.7 Å². The van der Waals surface area contributed by atoms with Gasteiger partial charge >= 0.3 is 0 Å². The fourth-order valence-electron chi connectivity index (χ4n) is 2.15. The number of carbonyl (C=O) groups is 1. The van der Waals surface area contributed by atoms with Crippen molar-refractivity contribution in [3.8, 4) is 0 Å². The van der Waals surface area contributed by atoms with Gasteiger partial charge in [-0.05, 0) is 25.7 Å². The van der Waals surface area contributed by atoms with Gasteiger partial charge in [-0.2, -0.15) is 0 Å². The standard InChI is InChI=1S/C11H18O3/c12-9-3-1-4-10(7-9)14-8-11-5-2-6-13-11/h10-11H,1-8H2.